The quantitative estimate of drug-likeness (QED) is 0.267. The third-order valence-electron chi connectivity index (χ3n) is 2.72. The highest BCUT2D eigenvalue weighted by atomic mass is 35.5. The molecule has 0 saturated heterocycles. The zero-order valence-corrected chi connectivity index (χ0v) is 13.1. The van der Waals surface area contributed by atoms with E-state index in [-0.39, 0.29) is 5.69 Å². The highest BCUT2D eigenvalue weighted by molar-refractivity contribution is 8.00. The van der Waals surface area contributed by atoms with E-state index in [0.29, 0.717) is 10.8 Å². The fourth-order valence-corrected chi connectivity index (χ4v) is 2.57. The molecule has 1 atom stereocenters. The minimum atomic E-state index is -0.466. The van der Waals surface area contributed by atoms with E-state index in [9.17, 15) is 14.9 Å². The summed E-state index contributed by atoms with van der Waals surface area (Å²) in [5.41, 5.74) is 0.0146. The summed E-state index contributed by atoms with van der Waals surface area (Å²) in [6.45, 7) is 1.71. The molecule has 1 unspecified atom stereocenters. The Bertz CT molecular complexity index is 673. The standard InChI is InChI=1S/C15H12ClNO4S/c1-10(15(18)21-13-6-2-11(16)3-7-13)22-14-8-4-12(5-9-14)17(19)20/h2-10H,1H3. The summed E-state index contributed by atoms with van der Waals surface area (Å²) >= 11 is 7.03. The van der Waals surface area contributed by atoms with E-state index >= 15 is 0 Å². The summed E-state index contributed by atoms with van der Waals surface area (Å²) in [6, 6.07) is 12.5. The van der Waals surface area contributed by atoms with Crippen LogP contribution < -0.4 is 4.74 Å². The van der Waals surface area contributed by atoms with E-state index in [1.54, 1.807) is 43.3 Å². The van der Waals surface area contributed by atoms with E-state index in [1.165, 1.54) is 23.9 Å². The molecule has 0 fully saturated rings. The lowest BCUT2D eigenvalue weighted by atomic mass is 10.3. The molecule has 114 valence electrons. The van der Waals surface area contributed by atoms with Crippen LogP contribution in [0.15, 0.2) is 53.4 Å². The van der Waals surface area contributed by atoms with Crippen LogP contribution in [0.3, 0.4) is 0 Å². The van der Waals surface area contributed by atoms with Crippen LogP contribution in [0.1, 0.15) is 6.92 Å². The maximum Gasteiger partial charge on any atom is 0.324 e. The number of benzene rings is 2. The number of carbonyl (C=O) groups excluding carboxylic acids is 1. The number of thioether (sulfide) groups is 1. The van der Waals surface area contributed by atoms with Crippen molar-refractivity contribution >= 4 is 35.0 Å². The maximum absolute atomic E-state index is 12.0. The van der Waals surface area contributed by atoms with Crippen molar-refractivity contribution in [2.24, 2.45) is 0 Å². The summed E-state index contributed by atoms with van der Waals surface area (Å²) in [6.07, 6.45) is 0. The van der Waals surface area contributed by atoms with Crippen LogP contribution in [-0.2, 0) is 4.79 Å². The number of halogens is 1. The van der Waals surface area contributed by atoms with E-state index in [1.807, 2.05) is 0 Å². The number of rotatable bonds is 5. The first-order valence-corrected chi connectivity index (χ1v) is 7.60. The molecule has 0 aromatic heterocycles. The monoisotopic (exact) mass is 337 g/mol. The lowest BCUT2D eigenvalue weighted by Gasteiger charge is -2.11. The van der Waals surface area contributed by atoms with Crippen molar-refractivity contribution in [1.29, 1.82) is 0 Å². The molecule has 0 saturated carbocycles. The number of hydrogen-bond donors (Lipinski definition) is 0. The van der Waals surface area contributed by atoms with Gasteiger partial charge in [0.15, 0.2) is 0 Å². The van der Waals surface area contributed by atoms with Gasteiger partial charge in [-0.15, -0.1) is 11.8 Å². The SMILES string of the molecule is CC(Sc1ccc([N+](=O)[O-])cc1)C(=O)Oc1ccc(Cl)cc1. The average molecular weight is 338 g/mol. The molecule has 22 heavy (non-hydrogen) atoms. The van der Waals surface area contributed by atoms with Gasteiger partial charge in [-0.2, -0.15) is 0 Å². The second-order valence-electron chi connectivity index (χ2n) is 4.39. The van der Waals surface area contributed by atoms with Crippen LogP contribution in [0, 0.1) is 10.1 Å². The van der Waals surface area contributed by atoms with Crippen molar-refractivity contribution < 1.29 is 14.5 Å². The zero-order valence-electron chi connectivity index (χ0n) is 11.6. The van der Waals surface area contributed by atoms with E-state index in [0.717, 1.165) is 4.90 Å². The fourth-order valence-electron chi connectivity index (χ4n) is 1.60. The Kier molecular flexibility index (Phi) is 5.41. The molecular formula is C15H12ClNO4S. The molecule has 0 radical (unpaired) electrons. The third-order valence-corrected chi connectivity index (χ3v) is 4.07. The van der Waals surface area contributed by atoms with Gasteiger partial charge in [0, 0.05) is 22.1 Å². The lowest BCUT2D eigenvalue weighted by molar-refractivity contribution is -0.384. The minimum Gasteiger partial charge on any atom is -0.426 e. The van der Waals surface area contributed by atoms with E-state index in [4.69, 9.17) is 16.3 Å². The number of esters is 1. The molecule has 0 amide bonds. The number of non-ortho nitro benzene ring substituents is 1. The van der Waals surface area contributed by atoms with Crippen LogP contribution in [0.2, 0.25) is 5.02 Å². The zero-order chi connectivity index (χ0) is 16.1. The minimum absolute atomic E-state index is 0.0146. The Hall–Kier alpha value is -2.05. The predicted octanol–water partition coefficient (Wildman–Crippen LogP) is 4.33. The lowest BCUT2D eigenvalue weighted by Crippen LogP contribution is -2.19. The van der Waals surface area contributed by atoms with Crippen molar-refractivity contribution in [3.8, 4) is 5.75 Å². The van der Waals surface area contributed by atoms with Crippen LogP contribution in [0.5, 0.6) is 5.75 Å². The van der Waals surface area contributed by atoms with Crippen LogP contribution >= 0.6 is 23.4 Å². The molecule has 0 bridgehead atoms. The number of hydrogen-bond acceptors (Lipinski definition) is 5. The van der Waals surface area contributed by atoms with Gasteiger partial charge in [0.2, 0.25) is 0 Å². The summed E-state index contributed by atoms with van der Waals surface area (Å²) < 4.78 is 5.24. The second kappa shape index (κ2) is 7.29. The van der Waals surface area contributed by atoms with Gasteiger partial charge in [-0.05, 0) is 43.3 Å². The Morgan fingerprint density at radius 3 is 2.32 bits per heavy atom. The first kappa shape index (κ1) is 16.3. The van der Waals surface area contributed by atoms with Crippen molar-refractivity contribution in [3.63, 3.8) is 0 Å². The van der Waals surface area contributed by atoms with Gasteiger partial charge in [0.1, 0.15) is 11.0 Å². The van der Waals surface area contributed by atoms with Gasteiger partial charge in [0.05, 0.1) is 4.92 Å². The topological polar surface area (TPSA) is 69.4 Å². The van der Waals surface area contributed by atoms with Crippen molar-refractivity contribution in [2.75, 3.05) is 0 Å². The Morgan fingerprint density at radius 2 is 1.77 bits per heavy atom. The van der Waals surface area contributed by atoms with Crippen molar-refractivity contribution in [3.05, 3.63) is 63.7 Å². The molecule has 0 aliphatic rings. The Morgan fingerprint density at radius 1 is 1.18 bits per heavy atom. The highest BCUT2D eigenvalue weighted by Gasteiger charge is 2.17. The van der Waals surface area contributed by atoms with Crippen molar-refractivity contribution in [2.45, 2.75) is 17.1 Å². The number of nitro groups is 1. The largest absolute Gasteiger partial charge is 0.426 e. The van der Waals surface area contributed by atoms with Crippen molar-refractivity contribution in [1.82, 2.24) is 0 Å². The summed E-state index contributed by atoms with van der Waals surface area (Å²) in [7, 11) is 0. The molecule has 0 aliphatic carbocycles. The van der Waals surface area contributed by atoms with Crippen LogP contribution in [0.25, 0.3) is 0 Å². The van der Waals surface area contributed by atoms with Gasteiger partial charge < -0.3 is 4.74 Å². The van der Waals surface area contributed by atoms with Gasteiger partial charge in [-0.1, -0.05) is 11.6 Å². The molecule has 7 heteroatoms. The Balaban J connectivity index is 1.95. The number of ether oxygens (including phenoxy) is 1. The molecule has 0 heterocycles. The van der Waals surface area contributed by atoms with Gasteiger partial charge >= 0.3 is 5.97 Å². The number of nitrogens with zero attached hydrogens (tertiary/aromatic N) is 1. The van der Waals surface area contributed by atoms with Gasteiger partial charge in [0.25, 0.3) is 5.69 Å². The maximum atomic E-state index is 12.0. The van der Waals surface area contributed by atoms with E-state index in [2.05, 4.69) is 0 Å². The molecular weight excluding hydrogens is 326 g/mol. The molecule has 0 aliphatic heterocycles. The molecule has 2 rings (SSSR count). The molecule has 2 aromatic carbocycles. The van der Waals surface area contributed by atoms with Crippen LogP contribution in [0.4, 0.5) is 5.69 Å². The molecule has 0 N–H and O–H groups in total. The second-order valence-corrected chi connectivity index (χ2v) is 6.24. The predicted molar refractivity (Wildman–Crippen MR) is 85.5 cm³/mol. The summed E-state index contributed by atoms with van der Waals surface area (Å²) in [5, 5.41) is 10.7. The van der Waals surface area contributed by atoms with Crippen LogP contribution in [-0.4, -0.2) is 16.1 Å². The summed E-state index contributed by atoms with van der Waals surface area (Å²) in [4.78, 5) is 22.9. The third kappa shape index (κ3) is 4.47. The van der Waals surface area contributed by atoms with Gasteiger partial charge in [-0.25, -0.2) is 0 Å². The summed E-state index contributed by atoms with van der Waals surface area (Å²) in [5.74, 6) is 0.0243. The molecule has 0 spiro atoms. The first-order chi connectivity index (χ1) is 10.5. The Labute approximate surface area is 136 Å². The van der Waals surface area contributed by atoms with E-state index < -0.39 is 16.1 Å². The highest BCUT2D eigenvalue weighted by Crippen LogP contribution is 2.26. The molecule has 5 nitrogen and oxygen atoms in total. The molecule has 2 aromatic rings. The fraction of sp³-hybridized carbons (Fsp3) is 0.133. The number of carbonyl (C=O) groups is 1. The first-order valence-electron chi connectivity index (χ1n) is 6.34. The smallest absolute Gasteiger partial charge is 0.324 e. The normalized spacial score (nSPS) is 11.7. The van der Waals surface area contributed by atoms with Gasteiger partial charge in [-0.3, -0.25) is 14.9 Å². The number of nitro benzene ring substituents is 1. The average Bonchev–Trinajstić information content (AvgIpc) is 2.50.